The van der Waals surface area contributed by atoms with Crippen LogP contribution in [0, 0.1) is 23.2 Å². The van der Waals surface area contributed by atoms with Crippen LogP contribution in [0.15, 0.2) is 24.3 Å². The molecule has 5 heteroatoms. The Balaban J connectivity index is 1.08. The normalized spacial score (nSPS) is 34.6. The molecule has 4 saturated carbocycles. The third kappa shape index (κ3) is 3.66. The molecule has 1 N–H and O–H groups in total. The van der Waals surface area contributed by atoms with Crippen molar-refractivity contribution >= 4 is 23.2 Å². The highest BCUT2D eigenvalue weighted by molar-refractivity contribution is 6.30. The van der Waals surface area contributed by atoms with Crippen molar-refractivity contribution in [3.05, 3.63) is 29.3 Å². The van der Waals surface area contributed by atoms with Gasteiger partial charge in [0.25, 0.3) is 0 Å². The van der Waals surface area contributed by atoms with E-state index < -0.39 is 0 Å². The fourth-order valence-corrected chi connectivity index (χ4v) is 6.99. The second-order valence-electron chi connectivity index (χ2n) is 9.76. The number of carbonyl (C=O) groups is 1. The van der Waals surface area contributed by atoms with Gasteiger partial charge in [-0.05, 0) is 74.5 Å². The van der Waals surface area contributed by atoms with Crippen LogP contribution in [0.3, 0.4) is 0 Å². The van der Waals surface area contributed by atoms with Gasteiger partial charge < -0.3 is 10.2 Å². The van der Waals surface area contributed by atoms with Crippen LogP contribution in [-0.2, 0) is 4.79 Å². The minimum Gasteiger partial charge on any atom is -0.369 e. The Morgan fingerprint density at radius 1 is 1.04 bits per heavy atom. The van der Waals surface area contributed by atoms with Crippen molar-refractivity contribution in [1.82, 2.24) is 10.2 Å². The van der Waals surface area contributed by atoms with Crippen LogP contribution in [0.2, 0.25) is 5.02 Å². The highest BCUT2D eigenvalue weighted by atomic mass is 35.5. The zero-order valence-corrected chi connectivity index (χ0v) is 17.5. The molecule has 5 fully saturated rings. The van der Waals surface area contributed by atoms with Gasteiger partial charge in [-0.25, -0.2) is 0 Å². The first kappa shape index (κ1) is 18.7. The van der Waals surface area contributed by atoms with E-state index in [2.05, 4.69) is 21.2 Å². The lowest BCUT2D eigenvalue weighted by Gasteiger charge is -2.55. The van der Waals surface area contributed by atoms with E-state index in [1.54, 1.807) is 0 Å². The van der Waals surface area contributed by atoms with Gasteiger partial charge in [0.15, 0.2) is 0 Å². The molecule has 0 radical (unpaired) electrons. The third-order valence-corrected chi connectivity index (χ3v) is 8.01. The Morgan fingerprint density at radius 2 is 1.68 bits per heavy atom. The summed E-state index contributed by atoms with van der Waals surface area (Å²) in [5.74, 6) is 2.86. The molecule has 1 aliphatic heterocycles. The van der Waals surface area contributed by atoms with Crippen LogP contribution in [0.4, 0.5) is 5.69 Å². The zero-order chi connectivity index (χ0) is 19.1. The predicted molar refractivity (Wildman–Crippen MR) is 114 cm³/mol. The van der Waals surface area contributed by atoms with Crippen molar-refractivity contribution in [3.63, 3.8) is 0 Å². The summed E-state index contributed by atoms with van der Waals surface area (Å²) >= 11 is 6.13. The van der Waals surface area contributed by atoms with Crippen molar-refractivity contribution in [1.29, 1.82) is 0 Å². The van der Waals surface area contributed by atoms with Gasteiger partial charge in [-0.2, -0.15) is 0 Å². The number of carbonyl (C=O) groups excluding carboxylic acids is 1. The minimum absolute atomic E-state index is 0.0139. The summed E-state index contributed by atoms with van der Waals surface area (Å²) in [6.45, 7) is 5.87. The van der Waals surface area contributed by atoms with Crippen LogP contribution >= 0.6 is 11.6 Å². The number of benzene rings is 1. The maximum Gasteiger partial charge on any atom is 0.226 e. The number of nitrogens with zero attached hydrogens (tertiary/aromatic N) is 2. The highest BCUT2D eigenvalue weighted by Crippen LogP contribution is 2.60. The molecule has 28 heavy (non-hydrogen) atoms. The molecular weight excluding hydrogens is 370 g/mol. The Morgan fingerprint density at radius 3 is 2.29 bits per heavy atom. The number of halogens is 1. The maximum absolute atomic E-state index is 13.1. The lowest BCUT2D eigenvalue weighted by atomic mass is 9.49. The molecular formula is C23H32ClN3O. The molecule has 1 aromatic carbocycles. The molecule has 5 aliphatic rings. The Bertz CT molecular complexity index is 693. The van der Waals surface area contributed by atoms with Crippen molar-refractivity contribution in [2.75, 3.05) is 44.2 Å². The average Bonchev–Trinajstić information content (AvgIpc) is 2.67. The molecule has 152 valence electrons. The van der Waals surface area contributed by atoms with E-state index in [1.165, 1.54) is 24.9 Å². The number of hydrogen-bond donors (Lipinski definition) is 1. The van der Waals surface area contributed by atoms with Gasteiger partial charge in [-0.15, -0.1) is 0 Å². The van der Waals surface area contributed by atoms with E-state index >= 15 is 0 Å². The Kier molecular flexibility index (Phi) is 5.04. The smallest absolute Gasteiger partial charge is 0.226 e. The first-order valence-corrected chi connectivity index (χ1v) is 11.5. The number of hydrogen-bond acceptors (Lipinski definition) is 3. The molecule has 4 aliphatic carbocycles. The van der Waals surface area contributed by atoms with Crippen molar-refractivity contribution in [3.8, 4) is 0 Å². The lowest BCUT2D eigenvalue weighted by Crippen LogP contribution is -2.54. The minimum atomic E-state index is -0.0139. The summed E-state index contributed by atoms with van der Waals surface area (Å²) in [5, 5.41) is 4.12. The standard InChI is InChI=1S/C23H32ClN3O/c24-20-2-1-3-21(13-20)27-8-6-26(7-9-27)5-4-25-22(28)23-14-17-10-18(15-23)12-19(11-17)16-23/h1-3,13,17-19H,4-12,14-16H2,(H,25,28). The summed E-state index contributed by atoms with van der Waals surface area (Å²) in [6.07, 6.45) is 7.64. The van der Waals surface area contributed by atoms with Crippen LogP contribution in [-0.4, -0.2) is 50.1 Å². The van der Waals surface area contributed by atoms with Crippen LogP contribution in [0.1, 0.15) is 38.5 Å². The van der Waals surface area contributed by atoms with Gasteiger partial charge in [0.1, 0.15) is 0 Å². The van der Waals surface area contributed by atoms with Gasteiger partial charge in [-0.3, -0.25) is 9.69 Å². The number of amides is 1. The van der Waals surface area contributed by atoms with Gasteiger partial charge in [0.05, 0.1) is 0 Å². The quantitative estimate of drug-likeness (QED) is 0.815. The lowest BCUT2D eigenvalue weighted by molar-refractivity contribution is -0.146. The number of nitrogens with one attached hydrogen (secondary N) is 1. The van der Waals surface area contributed by atoms with Crippen molar-refractivity contribution in [2.45, 2.75) is 38.5 Å². The van der Waals surface area contributed by atoms with E-state index in [1.807, 2.05) is 18.2 Å². The van der Waals surface area contributed by atoms with Crippen molar-refractivity contribution < 1.29 is 4.79 Å². The molecule has 0 spiro atoms. The summed E-state index contributed by atoms with van der Waals surface area (Å²) in [4.78, 5) is 17.9. The number of rotatable bonds is 5. The van der Waals surface area contributed by atoms with E-state index in [0.29, 0.717) is 5.91 Å². The topological polar surface area (TPSA) is 35.6 Å². The first-order valence-electron chi connectivity index (χ1n) is 11.1. The molecule has 1 saturated heterocycles. The monoisotopic (exact) mass is 401 g/mol. The van der Waals surface area contributed by atoms with E-state index in [-0.39, 0.29) is 5.41 Å². The van der Waals surface area contributed by atoms with Crippen LogP contribution < -0.4 is 10.2 Å². The molecule has 0 unspecified atom stereocenters. The largest absolute Gasteiger partial charge is 0.369 e. The molecule has 0 atom stereocenters. The summed E-state index contributed by atoms with van der Waals surface area (Å²) in [5.41, 5.74) is 1.20. The number of piperazine rings is 1. The Labute approximate surface area is 173 Å². The summed E-state index contributed by atoms with van der Waals surface area (Å²) in [7, 11) is 0. The fourth-order valence-electron chi connectivity index (χ4n) is 6.81. The van der Waals surface area contributed by atoms with Gasteiger partial charge >= 0.3 is 0 Å². The van der Waals surface area contributed by atoms with Gasteiger partial charge in [0.2, 0.25) is 5.91 Å². The van der Waals surface area contributed by atoms with E-state index in [9.17, 15) is 4.79 Å². The second-order valence-corrected chi connectivity index (χ2v) is 10.2. The van der Waals surface area contributed by atoms with E-state index in [0.717, 1.165) is 81.3 Å². The SMILES string of the molecule is O=C(NCCN1CCN(c2cccc(Cl)c2)CC1)C12CC3CC(CC(C3)C1)C2. The third-order valence-electron chi connectivity index (χ3n) is 7.78. The first-order chi connectivity index (χ1) is 13.6. The van der Waals surface area contributed by atoms with Crippen LogP contribution in [0.25, 0.3) is 0 Å². The fraction of sp³-hybridized carbons (Fsp3) is 0.696. The van der Waals surface area contributed by atoms with E-state index in [4.69, 9.17) is 11.6 Å². The highest BCUT2D eigenvalue weighted by Gasteiger charge is 2.54. The predicted octanol–water partition coefficient (Wildman–Crippen LogP) is 3.79. The Hall–Kier alpha value is -1.26. The molecule has 4 bridgehead atoms. The van der Waals surface area contributed by atoms with Crippen LogP contribution in [0.5, 0.6) is 0 Å². The second kappa shape index (κ2) is 7.53. The van der Waals surface area contributed by atoms with Gasteiger partial charge in [-0.1, -0.05) is 17.7 Å². The molecule has 1 heterocycles. The maximum atomic E-state index is 13.1. The molecule has 6 rings (SSSR count). The van der Waals surface area contributed by atoms with Crippen molar-refractivity contribution in [2.24, 2.45) is 23.2 Å². The van der Waals surface area contributed by atoms with Gasteiger partial charge in [0, 0.05) is 55.4 Å². The zero-order valence-electron chi connectivity index (χ0n) is 16.7. The molecule has 1 aromatic rings. The summed E-state index contributed by atoms with van der Waals surface area (Å²) < 4.78 is 0. The summed E-state index contributed by atoms with van der Waals surface area (Å²) in [6, 6.07) is 8.12. The average molecular weight is 402 g/mol. The number of anilines is 1. The molecule has 1 amide bonds. The molecule has 0 aromatic heterocycles. The molecule has 4 nitrogen and oxygen atoms in total.